The lowest BCUT2D eigenvalue weighted by atomic mass is 9.82. The second-order valence-electron chi connectivity index (χ2n) is 4.35. The van der Waals surface area contributed by atoms with Crippen molar-refractivity contribution in [3.05, 3.63) is 55.0 Å². The van der Waals surface area contributed by atoms with Crippen LogP contribution >= 0.6 is 22.6 Å². The van der Waals surface area contributed by atoms with E-state index in [1.54, 1.807) is 6.92 Å². The Bertz CT molecular complexity index is 748. The first-order chi connectivity index (χ1) is 9.60. The minimum Gasteiger partial charge on any atom is -0.302 e. The van der Waals surface area contributed by atoms with Gasteiger partial charge in [0.2, 0.25) is 0 Å². The number of nitriles is 2. The van der Waals surface area contributed by atoms with Gasteiger partial charge in [-0.15, -0.1) is 0 Å². The lowest BCUT2D eigenvalue weighted by Gasteiger charge is -2.18. The Kier molecular flexibility index (Phi) is 4.26. The van der Waals surface area contributed by atoms with Crippen molar-refractivity contribution in [3.8, 4) is 12.1 Å². The third kappa shape index (κ3) is 2.47. The van der Waals surface area contributed by atoms with E-state index in [-0.39, 0.29) is 5.56 Å². The Morgan fingerprint density at radius 2 is 1.85 bits per heavy atom. The van der Waals surface area contributed by atoms with Gasteiger partial charge < -0.3 is 5.10 Å². The van der Waals surface area contributed by atoms with Crippen LogP contribution in [0, 0.1) is 39.1 Å². The lowest BCUT2D eigenvalue weighted by Crippen LogP contribution is -2.20. The summed E-state index contributed by atoms with van der Waals surface area (Å²) < 4.78 is 0.922. The number of benzene rings is 1. The molecule has 1 atom stereocenters. The van der Waals surface area contributed by atoms with E-state index in [9.17, 15) is 15.3 Å². The van der Waals surface area contributed by atoms with Crippen molar-refractivity contribution in [2.45, 2.75) is 12.8 Å². The van der Waals surface area contributed by atoms with Gasteiger partial charge in [-0.1, -0.05) is 18.2 Å². The molecule has 0 fully saturated rings. The summed E-state index contributed by atoms with van der Waals surface area (Å²) in [5.41, 5.74) is 1.62. The molecule has 1 aromatic heterocycles. The number of aromatic amines is 2. The number of hydrogen-bond acceptors (Lipinski definition) is 3. The highest BCUT2D eigenvalue weighted by Crippen LogP contribution is 2.33. The molecule has 0 aliphatic heterocycles. The van der Waals surface area contributed by atoms with Crippen molar-refractivity contribution in [1.29, 1.82) is 10.5 Å². The first-order valence-electron chi connectivity index (χ1n) is 5.91. The second kappa shape index (κ2) is 5.93. The lowest BCUT2D eigenvalue weighted by molar-refractivity contribution is 0.697. The SMILES string of the molecule is Cc1[nH][nH]c(=O)c1[C@@H](c1ccccc1I)C(C#N)C#N. The number of aromatic nitrogens is 2. The summed E-state index contributed by atoms with van der Waals surface area (Å²) >= 11 is 2.15. The van der Waals surface area contributed by atoms with Crippen LogP contribution in [0.15, 0.2) is 29.1 Å². The molecule has 0 radical (unpaired) electrons. The molecule has 1 aromatic carbocycles. The van der Waals surface area contributed by atoms with Crippen molar-refractivity contribution >= 4 is 22.6 Å². The normalized spacial score (nSPS) is 11.8. The van der Waals surface area contributed by atoms with E-state index in [0.29, 0.717) is 11.3 Å². The first-order valence-corrected chi connectivity index (χ1v) is 6.98. The maximum absolute atomic E-state index is 12.0. The van der Waals surface area contributed by atoms with Crippen LogP contribution in [0.25, 0.3) is 0 Å². The standard InChI is InChI=1S/C14H11IN4O/c1-8-12(14(20)19-18-8)13(9(6-16)7-17)10-4-2-3-5-11(10)15/h2-5,9,13H,1H3,(H2,18,19,20)/t13-/m1/s1. The van der Waals surface area contributed by atoms with Crippen LogP contribution in [0.3, 0.4) is 0 Å². The number of nitrogens with zero attached hydrogens (tertiary/aromatic N) is 2. The second-order valence-corrected chi connectivity index (χ2v) is 5.52. The van der Waals surface area contributed by atoms with E-state index >= 15 is 0 Å². The van der Waals surface area contributed by atoms with Gasteiger partial charge in [-0.05, 0) is 41.1 Å². The van der Waals surface area contributed by atoms with Gasteiger partial charge in [-0.2, -0.15) is 10.5 Å². The van der Waals surface area contributed by atoms with E-state index in [4.69, 9.17) is 0 Å². The van der Waals surface area contributed by atoms with Crippen molar-refractivity contribution in [1.82, 2.24) is 10.2 Å². The minimum absolute atomic E-state index is 0.289. The van der Waals surface area contributed by atoms with Crippen molar-refractivity contribution in [2.75, 3.05) is 0 Å². The number of nitrogens with one attached hydrogen (secondary N) is 2. The Morgan fingerprint density at radius 1 is 1.20 bits per heavy atom. The van der Waals surface area contributed by atoms with Crippen LogP contribution in [-0.2, 0) is 0 Å². The molecule has 5 nitrogen and oxygen atoms in total. The summed E-state index contributed by atoms with van der Waals surface area (Å²) in [6, 6.07) is 11.4. The van der Waals surface area contributed by atoms with E-state index < -0.39 is 11.8 Å². The smallest absolute Gasteiger partial charge is 0.268 e. The minimum atomic E-state index is -0.915. The molecule has 0 saturated heterocycles. The van der Waals surface area contributed by atoms with Gasteiger partial charge in [-0.25, -0.2) is 0 Å². The largest absolute Gasteiger partial charge is 0.302 e. The van der Waals surface area contributed by atoms with Crippen molar-refractivity contribution < 1.29 is 0 Å². The molecular weight excluding hydrogens is 367 g/mol. The Balaban J connectivity index is 2.71. The summed E-state index contributed by atoms with van der Waals surface area (Å²) in [4.78, 5) is 12.0. The van der Waals surface area contributed by atoms with Crippen LogP contribution in [0.5, 0.6) is 0 Å². The zero-order valence-corrected chi connectivity index (χ0v) is 12.8. The van der Waals surface area contributed by atoms with E-state index in [2.05, 4.69) is 32.8 Å². The highest BCUT2D eigenvalue weighted by Gasteiger charge is 2.30. The molecule has 0 saturated carbocycles. The highest BCUT2D eigenvalue weighted by molar-refractivity contribution is 14.1. The molecule has 0 aliphatic rings. The Hall–Kier alpha value is -2.06. The monoisotopic (exact) mass is 378 g/mol. The molecule has 0 spiro atoms. The summed E-state index contributed by atoms with van der Waals surface area (Å²) in [6.07, 6.45) is 0. The van der Waals surface area contributed by atoms with Crippen LogP contribution in [0.2, 0.25) is 0 Å². The van der Waals surface area contributed by atoms with Gasteiger partial charge in [0.05, 0.1) is 12.1 Å². The summed E-state index contributed by atoms with van der Waals surface area (Å²) in [6.45, 7) is 1.75. The molecule has 0 bridgehead atoms. The number of hydrogen-bond donors (Lipinski definition) is 2. The third-order valence-electron chi connectivity index (χ3n) is 3.17. The van der Waals surface area contributed by atoms with E-state index in [1.807, 2.05) is 36.4 Å². The summed E-state index contributed by atoms with van der Waals surface area (Å²) in [5, 5.41) is 23.7. The molecule has 2 rings (SSSR count). The molecule has 100 valence electrons. The van der Waals surface area contributed by atoms with Gasteiger partial charge >= 0.3 is 0 Å². The van der Waals surface area contributed by atoms with Gasteiger partial charge in [0, 0.05) is 20.7 Å². The molecule has 2 aromatic rings. The molecule has 0 amide bonds. The highest BCUT2D eigenvalue weighted by atomic mass is 127. The average molecular weight is 378 g/mol. The van der Waals surface area contributed by atoms with Gasteiger partial charge in [0.1, 0.15) is 5.92 Å². The fourth-order valence-electron chi connectivity index (χ4n) is 2.24. The van der Waals surface area contributed by atoms with Gasteiger partial charge in [0.15, 0.2) is 0 Å². The van der Waals surface area contributed by atoms with Crippen LogP contribution in [-0.4, -0.2) is 10.2 Å². The molecule has 6 heteroatoms. The predicted octanol–water partition coefficient (Wildman–Crippen LogP) is 2.41. The quantitative estimate of drug-likeness (QED) is 0.803. The molecule has 20 heavy (non-hydrogen) atoms. The van der Waals surface area contributed by atoms with Crippen molar-refractivity contribution in [2.24, 2.45) is 5.92 Å². The van der Waals surface area contributed by atoms with Crippen molar-refractivity contribution in [3.63, 3.8) is 0 Å². The molecule has 1 heterocycles. The first kappa shape index (κ1) is 14.4. The fraction of sp³-hybridized carbons (Fsp3) is 0.214. The summed E-state index contributed by atoms with van der Waals surface area (Å²) in [5.74, 6) is -1.48. The molecular formula is C14H11IN4O. The fourth-order valence-corrected chi connectivity index (χ4v) is 2.96. The zero-order chi connectivity index (χ0) is 14.7. The van der Waals surface area contributed by atoms with Gasteiger partial charge in [0.25, 0.3) is 5.56 Å². The van der Waals surface area contributed by atoms with Gasteiger partial charge in [-0.3, -0.25) is 9.89 Å². The van der Waals surface area contributed by atoms with E-state index in [0.717, 1.165) is 9.13 Å². The molecule has 2 N–H and O–H groups in total. The Morgan fingerprint density at radius 3 is 2.35 bits per heavy atom. The number of aryl methyl sites for hydroxylation is 1. The number of rotatable bonds is 3. The van der Waals surface area contributed by atoms with Crippen LogP contribution < -0.4 is 5.56 Å². The third-order valence-corrected chi connectivity index (χ3v) is 4.16. The maximum atomic E-state index is 12.0. The van der Waals surface area contributed by atoms with Crippen LogP contribution in [0.4, 0.5) is 0 Å². The average Bonchev–Trinajstić information content (AvgIpc) is 2.77. The molecule has 0 aliphatic carbocycles. The van der Waals surface area contributed by atoms with Crippen LogP contribution in [0.1, 0.15) is 22.7 Å². The maximum Gasteiger partial charge on any atom is 0.268 e. The predicted molar refractivity (Wildman–Crippen MR) is 81.9 cm³/mol. The Labute approximate surface area is 129 Å². The topological polar surface area (TPSA) is 96.2 Å². The summed E-state index contributed by atoms with van der Waals surface area (Å²) in [7, 11) is 0. The number of H-pyrrole nitrogens is 2. The number of halogens is 1. The molecule has 0 unspecified atom stereocenters. The van der Waals surface area contributed by atoms with E-state index in [1.165, 1.54) is 0 Å². The zero-order valence-electron chi connectivity index (χ0n) is 10.6.